The van der Waals surface area contributed by atoms with E-state index in [4.69, 9.17) is 5.73 Å². The summed E-state index contributed by atoms with van der Waals surface area (Å²) >= 11 is 0. The van der Waals surface area contributed by atoms with Gasteiger partial charge in [0.15, 0.2) is 0 Å². The Kier molecular flexibility index (Phi) is 4.51. The molecule has 2 atom stereocenters. The third-order valence-corrected chi connectivity index (χ3v) is 4.42. The van der Waals surface area contributed by atoms with Gasteiger partial charge in [0, 0.05) is 11.1 Å². The topological polar surface area (TPSA) is 35.2 Å². The highest BCUT2D eigenvalue weighted by molar-refractivity contribution is 5.39. The highest BCUT2D eigenvalue weighted by Gasteiger charge is 2.39. The van der Waals surface area contributed by atoms with Crippen LogP contribution in [0.25, 0.3) is 0 Å². The first-order valence-corrected chi connectivity index (χ1v) is 7.35. The van der Waals surface area contributed by atoms with Gasteiger partial charge in [-0.2, -0.15) is 0 Å². The van der Waals surface area contributed by atoms with Gasteiger partial charge in [0.05, 0.1) is 0 Å². The highest BCUT2D eigenvalue weighted by atomic mass is 19.4. The van der Waals surface area contributed by atoms with Crippen LogP contribution in [0, 0.1) is 11.8 Å². The van der Waals surface area contributed by atoms with E-state index in [1.807, 2.05) is 0 Å². The van der Waals surface area contributed by atoms with Crippen molar-refractivity contribution in [2.75, 3.05) is 0 Å². The number of halogens is 3. The number of hydrogen-bond donors (Lipinski definition) is 1. The van der Waals surface area contributed by atoms with Gasteiger partial charge in [-0.15, -0.1) is 13.2 Å². The van der Waals surface area contributed by atoms with Gasteiger partial charge in [0.2, 0.25) is 0 Å². The van der Waals surface area contributed by atoms with Gasteiger partial charge in [-0.05, 0) is 30.7 Å². The lowest BCUT2D eigenvalue weighted by Gasteiger charge is -2.40. The standard InChI is InChI=1S/C16H22F3NO/c1-11(2)12-6-5-9-15(20,10-12)13-7-3-4-8-14(13)21-16(17,18)19/h3-4,7-8,11-12H,5-6,9-10,20H2,1-2H3. The molecular formula is C16H22F3NO. The molecule has 1 fully saturated rings. The molecule has 5 heteroatoms. The summed E-state index contributed by atoms with van der Waals surface area (Å²) in [7, 11) is 0. The molecule has 0 saturated heterocycles. The van der Waals surface area contributed by atoms with E-state index < -0.39 is 11.9 Å². The molecule has 0 radical (unpaired) electrons. The van der Waals surface area contributed by atoms with E-state index in [1.54, 1.807) is 12.1 Å². The van der Waals surface area contributed by atoms with Crippen LogP contribution < -0.4 is 10.5 Å². The molecule has 2 rings (SSSR count). The molecule has 2 unspecified atom stereocenters. The first-order valence-electron chi connectivity index (χ1n) is 7.35. The molecule has 118 valence electrons. The largest absolute Gasteiger partial charge is 0.573 e. The fourth-order valence-electron chi connectivity index (χ4n) is 3.26. The predicted octanol–water partition coefficient (Wildman–Crippen LogP) is 4.59. The van der Waals surface area contributed by atoms with Crippen LogP contribution in [0.3, 0.4) is 0 Å². The summed E-state index contributed by atoms with van der Waals surface area (Å²) in [6, 6.07) is 6.25. The quantitative estimate of drug-likeness (QED) is 0.886. The Morgan fingerprint density at radius 1 is 1.29 bits per heavy atom. The molecule has 2 N–H and O–H groups in total. The van der Waals surface area contributed by atoms with Gasteiger partial charge in [-0.3, -0.25) is 0 Å². The molecule has 0 amide bonds. The molecular weight excluding hydrogens is 279 g/mol. The molecule has 21 heavy (non-hydrogen) atoms. The molecule has 0 heterocycles. The molecule has 1 saturated carbocycles. The van der Waals surface area contributed by atoms with Crippen LogP contribution in [0.4, 0.5) is 13.2 Å². The fourth-order valence-corrected chi connectivity index (χ4v) is 3.26. The Bertz CT molecular complexity index is 487. The van der Waals surface area contributed by atoms with Crippen LogP contribution in [0.1, 0.15) is 45.1 Å². The van der Waals surface area contributed by atoms with Crippen molar-refractivity contribution in [3.8, 4) is 5.75 Å². The molecule has 1 aliphatic rings. The SMILES string of the molecule is CC(C)C1CCCC(N)(c2ccccc2OC(F)(F)F)C1. The number of ether oxygens (including phenoxy) is 1. The molecule has 1 aliphatic carbocycles. The maximum Gasteiger partial charge on any atom is 0.573 e. The van der Waals surface area contributed by atoms with Crippen LogP contribution in [0.15, 0.2) is 24.3 Å². The predicted molar refractivity (Wildman–Crippen MR) is 75.8 cm³/mol. The van der Waals surface area contributed by atoms with Crippen LogP contribution in [0.5, 0.6) is 5.75 Å². The van der Waals surface area contributed by atoms with E-state index in [0.717, 1.165) is 12.8 Å². The average Bonchev–Trinajstić information content (AvgIpc) is 2.37. The highest BCUT2D eigenvalue weighted by Crippen LogP contribution is 2.44. The zero-order valence-corrected chi connectivity index (χ0v) is 12.4. The Morgan fingerprint density at radius 2 is 1.95 bits per heavy atom. The lowest BCUT2D eigenvalue weighted by molar-refractivity contribution is -0.275. The van der Waals surface area contributed by atoms with Crippen molar-refractivity contribution in [2.45, 2.75) is 51.4 Å². The summed E-state index contributed by atoms with van der Waals surface area (Å²) in [6.45, 7) is 4.27. The minimum Gasteiger partial charge on any atom is -0.405 e. The monoisotopic (exact) mass is 301 g/mol. The van der Waals surface area contributed by atoms with Crippen molar-refractivity contribution in [2.24, 2.45) is 17.6 Å². The van der Waals surface area contributed by atoms with E-state index >= 15 is 0 Å². The van der Waals surface area contributed by atoms with Crippen LogP contribution in [0.2, 0.25) is 0 Å². The van der Waals surface area contributed by atoms with E-state index in [2.05, 4.69) is 18.6 Å². The van der Waals surface area contributed by atoms with Crippen molar-refractivity contribution in [1.82, 2.24) is 0 Å². The minimum absolute atomic E-state index is 0.170. The van der Waals surface area contributed by atoms with Gasteiger partial charge in [0.25, 0.3) is 0 Å². The second-order valence-electron chi connectivity index (χ2n) is 6.30. The summed E-state index contributed by atoms with van der Waals surface area (Å²) in [6.07, 6.45) is -1.30. The Morgan fingerprint density at radius 3 is 2.57 bits per heavy atom. The maximum absolute atomic E-state index is 12.6. The number of rotatable bonds is 3. The maximum atomic E-state index is 12.6. The second-order valence-corrected chi connectivity index (χ2v) is 6.30. The van der Waals surface area contributed by atoms with E-state index in [9.17, 15) is 13.2 Å². The van der Waals surface area contributed by atoms with Crippen molar-refractivity contribution in [3.05, 3.63) is 29.8 Å². The van der Waals surface area contributed by atoms with E-state index in [1.165, 1.54) is 12.1 Å². The van der Waals surface area contributed by atoms with Gasteiger partial charge in [-0.25, -0.2) is 0 Å². The van der Waals surface area contributed by atoms with Crippen molar-refractivity contribution < 1.29 is 17.9 Å². The summed E-state index contributed by atoms with van der Waals surface area (Å²) in [5.41, 5.74) is 6.21. The summed E-state index contributed by atoms with van der Waals surface area (Å²) in [5, 5.41) is 0. The smallest absolute Gasteiger partial charge is 0.405 e. The van der Waals surface area contributed by atoms with Crippen molar-refractivity contribution >= 4 is 0 Å². The van der Waals surface area contributed by atoms with Crippen molar-refractivity contribution in [1.29, 1.82) is 0 Å². The number of alkyl halides is 3. The van der Waals surface area contributed by atoms with Crippen LogP contribution >= 0.6 is 0 Å². The Labute approximate surface area is 123 Å². The molecule has 0 aromatic heterocycles. The van der Waals surface area contributed by atoms with Gasteiger partial charge < -0.3 is 10.5 Å². The number of hydrogen-bond acceptors (Lipinski definition) is 2. The molecule has 1 aromatic carbocycles. The van der Waals surface area contributed by atoms with Gasteiger partial charge in [-0.1, -0.05) is 44.9 Å². The van der Waals surface area contributed by atoms with Crippen molar-refractivity contribution in [3.63, 3.8) is 0 Å². The van der Waals surface area contributed by atoms with Gasteiger partial charge >= 0.3 is 6.36 Å². The molecule has 0 spiro atoms. The molecule has 1 aromatic rings. The number of nitrogens with two attached hydrogens (primary N) is 1. The zero-order valence-electron chi connectivity index (χ0n) is 12.4. The Balaban J connectivity index is 2.31. The Hall–Kier alpha value is -1.23. The fraction of sp³-hybridized carbons (Fsp3) is 0.625. The zero-order chi connectivity index (χ0) is 15.7. The molecule has 0 bridgehead atoms. The summed E-state index contributed by atoms with van der Waals surface area (Å²) in [5.74, 6) is 0.739. The lowest BCUT2D eigenvalue weighted by atomic mass is 9.69. The summed E-state index contributed by atoms with van der Waals surface area (Å²) < 4.78 is 41.8. The van der Waals surface area contributed by atoms with Gasteiger partial charge in [0.1, 0.15) is 5.75 Å². The third-order valence-electron chi connectivity index (χ3n) is 4.42. The summed E-state index contributed by atoms with van der Waals surface area (Å²) in [4.78, 5) is 0. The first kappa shape index (κ1) is 16.1. The lowest BCUT2D eigenvalue weighted by Crippen LogP contribution is -2.43. The van der Waals surface area contributed by atoms with E-state index in [-0.39, 0.29) is 5.75 Å². The first-order chi connectivity index (χ1) is 9.71. The van der Waals surface area contributed by atoms with Crippen LogP contribution in [-0.4, -0.2) is 6.36 Å². The van der Waals surface area contributed by atoms with Crippen LogP contribution in [-0.2, 0) is 5.54 Å². The average molecular weight is 301 g/mol. The number of para-hydroxylation sites is 1. The molecule has 2 nitrogen and oxygen atoms in total. The third kappa shape index (κ3) is 3.90. The minimum atomic E-state index is -4.70. The second kappa shape index (κ2) is 5.87. The normalized spacial score (nSPS) is 26.9. The number of benzene rings is 1. The van der Waals surface area contributed by atoms with E-state index in [0.29, 0.717) is 30.2 Å². The molecule has 0 aliphatic heterocycles.